The Bertz CT molecular complexity index is 1490. The number of aromatic hydroxyl groups is 1. The van der Waals surface area contributed by atoms with E-state index >= 15 is 0 Å². The zero-order valence-electron chi connectivity index (χ0n) is 28.0. The highest BCUT2D eigenvalue weighted by Gasteiger charge is 2.76. The number of aliphatic hydroxyl groups is 1. The summed E-state index contributed by atoms with van der Waals surface area (Å²) in [6, 6.07) is 1.98. The molecule has 3 saturated carbocycles. The van der Waals surface area contributed by atoms with E-state index in [2.05, 4.69) is 6.58 Å². The van der Waals surface area contributed by atoms with Crippen molar-refractivity contribution >= 4 is 28.9 Å². The highest BCUT2D eigenvalue weighted by atomic mass is 16.3. The van der Waals surface area contributed by atoms with Crippen molar-refractivity contribution in [1.82, 2.24) is 0 Å². The van der Waals surface area contributed by atoms with Crippen LogP contribution < -0.4 is 0 Å². The van der Waals surface area contributed by atoms with Gasteiger partial charge in [0.2, 0.25) is 0 Å². The zero-order chi connectivity index (χ0) is 33.4. The van der Waals surface area contributed by atoms with Crippen molar-refractivity contribution in [1.29, 1.82) is 0 Å². The van der Waals surface area contributed by atoms with Gasteiger partial charge in [-0.15, -0.1) is 0 Å². The second kappa shape index (κ2) is 11.4. The normalized spacial score (nSPS) is 33.7. The first-order chi connectivity index (χ1) is 20.9. The fourth-order valence-electron chi connectivity index (χ4n) is 10.1. The molecule has 7 heteroatoms. The van der Waals surface area contributed by atoms with Gasteiger partial charge in [0.1, 0.15) is 17.5 Å². The van der Waals surface area contributed by atoms with E-state index < -0.39 is 63.1 Å². The van der Waals surface area contributed by atoms with Gasteiger partial charge >= 0.3 is 0 Å². The average molecular weight is 619 g/mol. The van der Waals surface area contributed by atoms with E-state index in [9.17, 15) is 34.2 Å². The molecule has 2 N–H and O–H groups in total. The van der Waals surface area contributed by atoms with Crippen LogP contribution in [0.4, 0.5) is 0 Å². The van der Waals surface area contributed by atoms with Gasteiger partial charge in [-0.2, -0.15) is 0 Å². The fraction of sp³-hybridized carbons (Fsp3) is 0.658. The van der Waals surface area contributed by atoms with Crippen LogP contribution in [0.3, 0.4) is 0 Å². The Morgan fingerprint density at radius 3 is 2.20 bits per heavy atom. The molecule has 0 saturated heterocycles. The fourth-order valence-corrected chi connectivity index (χ4v) is 10.1. The number of hydrogen-bond acceptors (Lipinski definition) is 7. The number of phenolic OH excluding ortho intramolecular Hbond substituents is 1. The minimum absolute atomic E-state index is 0.0158. The van der Waals surface area contributed by atoms with Crippen LogP contribution in [-0.4, -0.2) is 44.7 Å². The Morgan fingerprint density at radius 1 is 1.02 bits per heavy atom. The molecule has 7 nitrogen and oxygen atoms in total. The molecule has 0 bridgehead atoms. The lowest BCUT2D eigenvalue weighted by atomic mass is 9.39. The maximum atomic E-state index is 14.6. The molecule has 5 rings (SSSR count). The third kappa shape index (κ3) is 4.90. The van der Waals surface area contributed by atoms with Crippen LogP contribution in [0.15, 0.2) is 18.2 Å². The van der Waals surface area contributed by atoms with E-state index in [1.807, 2.05) is 26.8 Å². The Balaban J connectivity index is 1.63. The number of Topliss-reactive ketones (excluding diaryl/α,β-unsaturated/α-hetero) is 5. The molecule has 0 radical (unpaired) electrons. The van der Waals surface area contributed by atoms with Crippen LogP contribution in [0.1, 0.15) is 126 Å². The Hall–Kier alpha value is -2.93. The molecule has 1 aromatic carbocycles. The van der Waals surface area contributed by atoms with E-state index in [1.54, 1.807) is 20.8 Å². The predicted octanol–water partition coefficient (Wildman–Crippen LogP) is 6.29. The molecule has 3 fully saturated rings. The van der Waals surface area contributed by atoms with Crippen molar-refractivity contribution < 1.29 is 34.2 Å². The summed E-state index contributed by atoms with van der Waals surface area (Å²) in [5, 5.41) is 24.0. The molecular weight excluding hydrogens is 568 g/mol. The summed E-state index contributed by atoms with van der Waals surface area (Å²) in [5.41, 5.74) is -1.95. The summed E-state index contributed by atoms with van der Waals surface area (Å²) in [5.74, 6) is -8.02. The van der Waals surface area contributed by atoms with E-state index in [4.69, 9.17) is 0 Å². The van der Waals surface area contributed by atoms with Gasteiger partial charge in [0.15, 0.2) is 28.7 Å². The number of rotatable bonds is 7. The van der Waals surface area contributed by atoms with Crippen molar-refractivity contribution in [3.63, 3.8) is 0 Å². The summed E-state index contributed by atoms with van der Waals surface area (Å²) >= 11 is 0. The minimum atomic E-state index is -2.69. The van der Waals surface area contributed by atoms with E-state index in [1.165, 1.54) is 32.1 Å². The molecule has 45 heavy (non-hydrogen) atoms. The van der Waals surface area contributed by atoms with E-state index in [-0.39, 0.29) is 36.0 Å². The Labute approximate surface area is 267 Å². The average Bonchev–Trinajstić information content (AvgIpc) is 2.92. The number of hydrogen-bond donors (Lipinski definition) is 2. The van der Waals surface area contributed by atoms with Gasteiger partial charge in [0, 0.05) is 11.3 Å². The third-order valence-electron chi connectivity index (χ3n) is 11.9. The topological polar surface area (TPSA) is 126 Å². The van der Waals surface area contributed by atoms with Gasteiger partial charge in [0.25, 0.3) is 0 Å². The molecule has 4 aliphatic rings. The smallest absolute Gasteiger partial charge is 0.190 e. The van der Waals surface area contributed by atoms with Crippen molar-refractivity contribution in [3.8, 4) is 5.75 Å². The van der Waals surface area contributed by atoms with Crippen molar-refractivity contribution in [2.75, 3.05) is 0 Å². The Kier molecular flexibility index (Phi) is 8.47. The summed E-state index contributed by atoms with van der Waals surface area (Å²) in [6.07, 6.45) is 7.63. The number of ketones is 5. The molecule has 0 spiro atoms. The van der Waals surface area contributed by atoms with Crippen LogP contribution >= 0.6 is 0 Å². The van der Waals surface area contributed by atoms with Crippen LogP contribution in [0, 0.1) is 40.4 Å². The number of carbonyl (C=O) groups excluding carboxylic acids is 5. The second-order valence-corrected chi connectivity index (χ2v) is 15.9. The summed E-state index contributed by atoms with van der Waals surface area (Å²) in [4.78, 5) is 69.4. The monoisotopic (exact) mass is 618 g/mol. The number of phenols is 1. The SMILES string of the molecule is C=C(Cc1cc(C(C)C)c2c(c1O)C(=O)C1C(=O)[C@@]3(O)C(=O)C(C(C)=O)C(=O)C(C(C)C)[C@@]3(C)C[C@@]1(C)C2)CC1CCCCC1. The molecule has 1 aromatic rings. The highest BCUT2D eigenvalue weighted by molar-refractivity contribution is 6.32. The largest absolute Gasteiger partial charge is 0.507 e. The van der Waals surface area contributed by atoms with Crippen molar-refractivity contribution in [3.05, 3.63) is 40.5 Å². The first-order valence-electron chi connectivity index (χ1n) is 16.8. The molecule has 3 unspecified atom stereocenters. The molecule has 0 aliphatic heterocycles. The first kappa shape index (κ1) is 33.4. The summed E-state index contributed by atoms with van der Waals surface area (Å²) in [7, 11) is 0. The molecule has 6 atom stereocenters. The Morgan fingerprint density at radius 2 is 1.64 bits per heavy atom. The van der Waals surface area contributed by atoms with Crippen LogP contribution in [0.25, 0.3) is 0 Å². The lowest BCUT2D eigenvalue weighted by Gasteiger charge is -2.62. The standard InChI is InChI=1S/C38H50O7/c1-19(2)25-16-24(15-21(5)14-23-12-10-9-11-13-23)31(40)28-26(25)17-36(7)18-37(8)29(20(3)4)32(41)27(22(6)39)34(43)38(37,45)35(44)30(36)33(28)42/h16,19-20,23,27,29-30,40,45H,5,9-15,17-18H2,1-4,6-8H3/t27?,29?,30?,36-,37-,38+/m1/s1. The predicted molar refractivity (Wildman–Crippen MR) is 171 cm³/mol. The van der Waals surface area contributed by atoms with Gasteiger partial charge in [-0.05, 0) is 72.5 Å². The van der Waals surface area contributed by atoms with Crippen molar-refractivity contribution in [2.45, 2.75) is 118 Å². The summed E-state index contributed by atoms with van der Waals surface area (Å²) < 4.78 is 0. The van der Waals surface area contributed by atoms with Gasteiger partial charge in [-0.1, -0.05) is 91.9 Å². The van der Waals surface area contributed by atoms with E-state index in [0.717, 1.165) is 24.5 Å². The molecule has 0 heterocycles. The number of benzene rings is 1. The van der Waals surface area contributed by atoms with Gasteiger partial charge in [-0.3, -0.25) is 24.0 Å². The number of allylic oxidation sites excluding steroid dienone is 1. The minimum Gasteiger partial charge on any atom is -0.507 e. The molecule has 0 aromatic heterocycles. The second-order valence-electron chi connectivity index (χ2n) is 15.9. The molecule has 244 valence electrons. The van der Waals surface area contributed by atoms with Crippen LogP contribution in [0.5, 0.6) is 5.75 Å². The zero-order valence-corrected chi connectivity index (χ0v) is 28.0. The summed E-state index contributed by atoms with van der Waals surface area (Å²) in [6.45, 7) is 16.5. The van der Waals surface area contributed by atoms with Crippen LogP contribution in [0.2, 0.25) is 0 Å². The van der Waals surface area contributed by atoms with Crippen molar-refractivity contribution in [2.24, 2.45) is 40.4 Å². The quantitative estimate of drug-likeness (QED) is 0.272. The lowest BCUT2D eigenvalue weighted by Crippen LogP contribution is -2.76. The first-order valence-corrected chi connectivity index (χ1v) is 16.8. The maximum absolute atomic E-state index is 14.6. The van der Waals surface area contributed by atoms with Gasteiger partial charge in [0.05, 0.1) is 11.5 Å². The molecule has 0 amide bonds. The number of fused-ring (bicyclic) bond motifs is 3. The van der Waals surface area contributed by atoms with Crippen LogP contribution in [-0.2, 0) is 32.0 Å². The van der Waals surface area contributed by atoms with Gasteiger partial charge < -0.3 is 10.2 Å². The van der Waals surface area contributed by atoms with Gasteiger partial charge in [-0.25, -0.2) is 0 Å². The molecule has 4 aliphatic carbocycles. The highest BCUT2D eigenvalue weighted by Crippen LogP contribution is 2.64. The number of carbonyl (C=O) groups is 5. The molecular formula is C38H50O7. The maximum Gasteiger partial charge on any atom is 0.190 e. The third-order valence-corrected chi connectivity index (χ3v) is 11.9. The van der Waals surface area contributed by atoms with E-state index in [0.29, 0.717) is 23.5 Å². The lowest BCUT2D eigenvalue weighted by molar-refractivity contribution is -0.205.